The highest BCUT2D eigenvalue weighted by Gasteiger charge is 2.54. The number of carbonyl (C=O) groups excluding carboxylic acids is 1. The van der Waals surface area contributed by atoms with E-state index in [4.69, 9.17) is 22.1 Å². The van der Waals surface area contributed by atoms with Gasteiger partial charge in [-0.3, -0.25) is 4.79 Å². The fourth-order valence-electron chi connectivity index (χ4n) is 5.00. The van der Waals surface area contributed by atoms with Crippen LogP contribution in [0.15, 0.2) is 42.6 Å². The Kier molecular flexibility index (Phi) is 4.58. The molecule has 8 nitrogen and oxygen atoms in total. The molecule has 1 unspecified atom stereocenters. The quantitative estimate of drug-likeness (QED) is 0.516. The molecule has 1 saturated heterocycles. The van der Waals surface area contributed by atoms with E-state index in [0.717, 1.165) is 37.4 Å². The van der Waals surface area contributed by atoms with E-state index in [1.165, 1.54) is 5.69 Å². The molecule has 2 aliphatic carbocycles. The summed E-state index contributed by atoms with van der Waals surface area (Å²) in [5.41, 5.74) is 9.76. The summed E-state index contributed by atoms with van der Waals surface area (Å²) in [7, 11) is 0. The van der Waals surface area contributed by atoms with Crippen molar-refractivity contribution in [3.05, 3.63) is 47.6 Å². The minimum absolute atomic E-state index is 0.0786. The largest absolute Gasteiger partial charge is 0.378 e. The zero-order valence-electron chi connectivity index (χ0n) is 17.3. The Morgan fingerprint density at radius 3 is 2.62 bits per heavy atom. The van der Waals surface area contributed by atoms with Crippen LogP contribution in [0.4, 0.5) is 11.4 Å². The Morgan fingerprint density at radius 1 is 1.19 bits per heavy atom. The molecule has 0 spiro atoms. The average Bonchev–Trinajstić information content (AvgIpc) is 3.23. The Labute approximate surface area is 189 Å². The van der Waals surface area contributed by atoms with E-state index in [9.17, 15) is 4.79 Å². The van der Waals surface area contributed by atoms with Crippen LogP contribution in [0.1, 0.15) is 0 Å². The van der Waals surface area contributed by atoms with Crippen molar-refractivity contribution in [3.63, 3.8) is 0 Å². The highest BCUT2D eigenvalue weighted by molar-refractivity contribution is 6.34. The number of allylic oxidation sites excluding steroid dienone is 1. The number of nitrogens with one attached hydrogen (secondary N) is 2. The molecule has 2 aromatic heterocycles. The second-order valence-corrected chi connectivity index (χ2v) is 8.96. The van der Waals surface area contributed by atoms with Crippen LogP contribution in [-0.2, 0) is 9.53 Å². The number of benzene rings is 1. The number of nitrogens with zero attached hydrogens (tertiary/aromatic N) is 3. The molecule has 1 amide bonds. The molecule has 6 rings (SSSR count). The van der Waals surface area contributed by atoms with Crippen LogP contribution in [0, 0.1) is 17.8 Å². The topological polar surface area (TPSA) is 109 Å². The second kappa shape index (κ2) is 7.50. The number of aromatic amines is 1. The predicted octanol–water partition coefficient (Wildman–Crippen LogP) is 2.81. The van der Waals surface area contributed by atoms with Crippen LogP contribution in [0.25, 0.3) is 22.6 Å². The number of H-pyrrole nitrogens is 1. The van der Waals surface area contributed by atoms with E-state index < -0.39 is 0 Å². The molecule has 2 fully saturated rings. The maximum Gasteiger partial charge on any atom is 0.223 e. The zero-order chi connectivity index (χ0) is 21.8. The Morgan fingerprint density at radius 2 is 1.94 bits per heavy atom. The predicted molar refractivity (Wildman–Crippen MR) is 124 cm³/mol. The lowest BCUT2D eigenvalue weighted by Crippen LogP contribution is -2.61. The number of nitrogens with two attached hydrogens (primary N) is 1. The Balaban J connectivity index is 1.30. The van der Waals surface area contributed by atoms with Gasteiger partial charge in [0, 0.05) is 36.3 Å². The van der Waals surface area contributed by atoms with Gasteiger partial charge >= 0.3 is 0 Å². The van der Waals surface area contributed by atoms with Crippen LogP contribution in [-0.4, -0.2) is 53.2 Å². The van der Waals surface area contributed by atoms with Crippen LogP contribution in [0.2, 0.25) is 5.02 Å². The zero-order valence-corrected chi connectivity index (χ0v) is 18.0. The summed E-state index contributed by atoms with van der Waals surface area (Å²) in [5.74, 6) is 0.706. The van der Waals surface area contributed by atoms with Gasteiger partial charge in [0.1, 0.15) is 11.3 Å². The van der Waals surface area contributed by atoms with E-state index in [2.05, 4.69) is 61.6 Å². The number of aromatic nitrogens is 3. The molecule has 0 radical (unpaired) electrons. The molecule has 4 N–H and O–H groups in total. The second-order valence-electron chi connectivity index (χ2n) is 8.55. The van der Waals surface area contributed by atoms with Crippen molar-refractivity contribution < 1.29 is 9.53 Å². The number of carbonyl (C=O) groups is 1. The van der Waals surface area contributed by atoms with Crippen molar-refractivity contribution in [2.75, 3.05) is 36.5 Å². The number of ether oxygens (including phenoxy) is 1. The van der Waals surface area contributed by atoms with E-state index in [0.29, 0.717) is 28.1 Å². The van der Waals surface area contributed by atoms with Gasteiger partial charge in [-0.2, -0.15) is 0 Å². The number of anilines is 2. The smallest absolute Gasteiger partial charge is 0.223 e. The van der Waals surface area contributed by atoms with Gasteiger partial charge < -0.3 is 25.7 Å². The first-order valence-corrected chi connectivity index (χ1v) is 11.2. The van der Waals surface area contributed by atoms with Crippen molar-refractivity contribution in [2.45, 2.75) is 6.04 Å². The minimum atomic E-state index is -0.292. The molecular weight excluding hydrogens is 428 g/mol. The summed E-state index contributed by atoms with van der Waals surface area (Å²) < 4.78 is 5.43. The SMILES string of the molecule is NC(=O)[C@H]1C2C=C[C@@H]2[C@H]1Nc1c(Cl)cnc2nc(-c3ccc(N4CCOCC4)cc3)[nH]c12. The van der Waals surface area contributed by atoms with Gasteiger partial charge in [0.25, 0.3) is 0 Å². The first-order valence-electron chi connectivity index (χ1n) is 10.8. The van der Waals surface area contributed by atoms with Crippen molar-refractivity contribution in [1.29, 1.82) is 0 Å². The molecule has 0 bridgehead atoms. The molecular formula is C23H23ClN6O2. The number of hydrogen-bond donors (Lipinski definition) is 3. The lowest BCUT2D eigenvalue weighted by atomic mass is 9.54. The number of morpholine rings is 1. The van der Waals surface area contributed by atoms with E-state index in [-0.39, 0.29) is 23.8 Å². The maximum absolute atomic E-state index is 11.9. The van der Waals surface area contributed by atoms with Gasteiger partial charge in [-0.15, -0.1) is 0 Å². The fraction of sp³-hybridized carbons (Fsp3) is 0.348. The molecule has 1 aromatic carbocycles. The monoisotopic (exact) mass is 450 g/mol. The summed E-state index contributed by atoms with van der Waals surface area (Å²) in [6, 6.07) is 8.22. The van der Waals surface area contributed by atoms with Gasteiger partial charge in [-0.1, -0.05) is 23.8 Å². The number of halogens is 1. The van der Waals surface area contributed by atoms with Crippen LogP contribution in [0.3, 0.4) is 0 Å². The maximum atomic E-state index is 11.9. The number of hydrogen-bond acceptors (Lipinski definition) is 6. The number of rotatable bonds is 5. The summed E-state index contributed by atoms with van der Waals surface area (Å²) >= 11 is 6.50. The van der Waals surface area contributed by atoms with Crippen molar-refractivity contribution in [1.82, 2.24) is 15.0 Å². The molecule has 3 heterocycles. The lowest BCUT2D eigenvalue weighted by molar-refractivity contribution is -0.129. The van der Waals surface area contributed by atoms with Gasteiger partial charge in [-0.25, -0.2) is 9.97 Å². The third-order valence-corrected chi connectivity index (χ3v) is 7.13. The molecule has 164 valence electrons. The van der Waals surface area contributed by atoms with E-state index in [1.54, 1.807) is 6.20 Å². The van der Waals surface area contributed by atoms with Crippen LogP contribution >= 0.6 is 11.6 Å². The van der Waals surface area contributed by atoms with Gasteiger partial charge in [0.05, 0.1) is 36.0 Å². The van der Waals surface area contributed by atoms with Crippen LogP contribution in [0.5, 0.6) is 0 Å². The minimum Gasteiger partial charge on any atom is -0.378 e. The van der Waals surface area contributed by atoms with Gasteiger partial charge in [-0.05, 0) is 30.2 Å². The normalized spacial score (nSPS) is 26.3. The number of fused-ring (bicyclic) bond motifs is 2. The molecule has 1 aliphatic heterocycles. The van der Waals surface area contributed by atoms with Crippen LogP contribution < -0.4 is 16.0 Å². The summed E-state index contributed by atoms with van der Waals surface area (Å²) in [4.78, 5) is 26.7. The van der Waals surface area contributed by atoms with Gasteiger partial charge in [0.2, 0.25) is 5.91 Å². The number of imidazole rings is 1. The Bertz CT molecular complexity index is 1220. The average molecular weight is 451 g/mol. The van der Waals surface area contributed by atoms with Gasteiger partial charge in [0.15, 0.2) is 5.65 Å². The molecule has 9 heteroatoms. The number of primary amides is 1. The third kappa shape index (κ3) is 3.05. The summed E-state index contributed by atoms with van der Waals surface area (Å²) in [6.07, 6.45) is 5.75. The highest BCUT2D eigenvalue weighted by atomic mass is 35.5. The van der Waals surface area contributed by atoms with Crippen molar-refractivity contribution in [2.24, 2.45) is 23.5 Å². The van der Waals surface area contributed by atoms with Crippen molar-refractivity contribution in [3.8, 4) is 11.4 Å². The number of amides is 1. The number of pyridine rings is 1. The molecule has 4 atom stereocenters. The van der Waals surface area contributed by atoms with E-state index >= 15 is 0 Å². The first kappa shape index (κ1) is 19.6. The van der Waals surface area contributed by atoms with Crippen molar-refractivity contribution >= 4 is 40.0 Å². The lowest BCUT2D eigenvalue weighted by Gasteiger charge is -2.53. The molecule has 1 saturated carbocycles. The summed E-state index contributed by atoms with van der Waals surface area (Å²) in [5, 5.41) is 3.93. The molecule has 32 heavy (non-hydrogen) atoms. The summed E-state index contributed by atoms with van der Waals surface area (Å²) in [6.45, 7) is 3.29. The first-order chi connectivity index (χ1) is 15.6. The standard InChI is InChI=1S/C23H23ClN6O2/c24-16-11-26-23-20(19(16)27-18-15-6-5-14(15)17(18)21(25)31)28-22(29-23)12-1-3-13(4-2-12)30-7-9-32-10-8-30/h1-6,11,14-15,17-18H,7-10H2,(H2,25,31)(H2,26,27,28,29)/t14?,15-,17-,18+/m0/s1. The highest BCUT2D eigenvalue weighted by Crippen LogP contribution is 2.50. The molecule has 3 aliphatic rings. The van der Waals surface area contributed by atoms with E-state index in [1.807, 2.05) is 0 Å². The fourth-order valence-corrected chi connectivity index (χ4v) is 5.20. The molecule has 3 aromatic rings. The Hall–Kier alpha value is -3.10. The third-order valence-electron chi connectivity index (χ3n) is 6.85.